The highest BCUT2D eigenvalue weighted by atomic mass is 19.1. The highest BCUT2D eigenvalue weighted by molar-refractivity contribution is 5.83. The number of nitrogens with zero attached hydrogens (tertiary/aromatic N) is 1. The van der Waals surface area contributed by atoms with Crippen LogP contribution in [-0.2, 0) is 13.7 Å². The Hall–Kier alpha value is -2.49. The number of methoxy groups -OCH3 is 1. The monoisotopic (exact) mass is 285 g/mol. The molecule has 0 aliphatic heterocycles. The molecule has 0 unspecified atom stereocenters. The number of halogens is 1. The van der Waals surface area contributed by atoms with E-state index in [1.54, 1.807) is 13.2 Å². The predicted octanol–water partition coefficient (Wildman–Crippen LogP) is 3.91. The summed E-state index contributed by atoms with van der Waals surface area (Å²) < 4.78 is 26.5. The van der Waals surface area contributed by atoms with Crippen LogP contribution >= 0.6 is 0 Å². The molecule has 0 aliphatic rings. The SMILES string of the molecule is COc1ccccc1OCc1cn(C)c2ccc(F)cc12. The number of ether oxygens (including phenoxy) is 2. The van der Waals surface area contributed by atoms with E-state index in [1.807, 2.05) is 42.1 Å². The molecular weight excluding hydrogens is 269 g/mol. The van der Waals surface area contributed by atoms with Gasteiger partial charge in [0.05, 0.1) is 7.11 Å². The summed E-state index contributed by atoms with van der Waals surface area (Å²) in [5.41, 5.74) is 1.92. The first-order chi connectivity index (χ1) is 10.2. The Morgan fingerprint density at radius 3 is 2.62 bits per heavy atom. The topological polar surface area (TPSA) is 23.4 Å². The number of aryl methyl sites for hydroxylation is 1. The molecule has 3 nitrogen and oxygen atoms in total. The molecule has 2 aromatic carbocycles. The van der Waals surface area contributed by atoms with E-state index in [2.05, 4.69) is 0 Å². The predicted molar refractivity (Wildman–Crippen MR) is 80.2 cm³/mol. The van der Waals surface area contributed by atoms with Gasteiger partial charge in [-0.05, 0) is 30.3 Å². The Bertz CT molecular complexity index is 780. The standard InChI is InChI=1S/C17H16FNO2/c1-19-10-12(14-9-13(18)7-8-15(14)19)11-21-17-6-4-3-5-16(17)20-2/h3-10H,11H2,1-2H3. The third kappa shape index (κ3) is 2.57. The van der Waals surface area contributed by atoms with E-state index in [9.17, 15) is 4.39 Å². The van der Waals surface area contributed by atoms with E-state index in [1.165, 1.54) is 12.1 Å². The Balaban J connectivity index is 1.90. The lowest BCUT2D eigenvalue weighted by atomic mass is 10.2. The molecule has 0 spiro atoms. The Morgan fingerprint density at radius 1 is 1.10 bits per heavy atom. The third-order valence-electron chi connectivity index (χ3n) is 3.49. The third-order valence-corrected chi connectivity index (χ3v) is 3.49. The van der Waals surface area contributed by atoms with Crippen molar-refractivity contribution < 1.29 is 13.9 Å². The first-order valence-corrected chi connectivity index (χ1v) is 6.68. The molecule has 108 valence electrons. The molecule has 0 fully saturated rings. The van der Waals surface area contributed by atoms with Crippen LogP contribution < -0.4 is 9.47 Å². The number of para-hydroxylation sites is 2. The summed E-state index contributed by atoms with van der Waals surface area (Å²) >= 11 is 0. The molecule has 0 N–H and O–H groups in total. The molecule has 1 heterocycles. The Morgan fingerprint density at radius 2 is 1.86 bits per heavy atom. The number of fused-ring (bicyclic) bond motifs is 1. The van der Waals surface area contributed by atoms with E-state index in [4.69, 9.17) is 9.47 Å². The summed E-state index contributed by atoms with van der Waals surface area (Å²) in [6, 6.07) is 12.3. The van der Waals surface area contributed by atoms with Gasteiger partial charge >= 0.3 is 0 Å². The van der Waals surface area contributed by atoms with Crippen molar-refractivity contribution >= 4 is 10.9 Å². The number of hydrogen-bond acceptors (Lipinski definition) is 2. The molecule has 0 bridgehead atoms. The highest BCUT2D eigenvalue weighted by Crippen LogP contribution is 2.28. The van der Waals surface area contributed by atoms with Crippen molar-refractivity contribution in [3.63, 3.8) is 0 Å². The van der Waals surface area contributed by atoms with Crippen molar-refractivity contribution in [2.24, 2.45) is 7.05 Å². The van der Waals surface area contributed by atoms with Crippen LogP contribution in [0.2, 0.25) is 0 Å². The van der Waals surface area contributed by atoms with Crippen LogP contribution in [-0.4, -0.2) is 11.7 Å². The summed E-state index contributed by atoms with van der Waals surface area (Å²) in [6.07, 6.45) is 1.96. The van der Waals surface area contributed by atoms with E-state index >= 15 is 0 Å². The van der Waals surface area contributed by atoms with E-state index in [0.717, 1.165) is 16.5 Å². The fraction of sp³-hybridized carbons (Fsp3) is 0.176. The fourth-order valence-corrected chi connectivity index (χ4v) is 2.45. The van der Waals surface area contributed by atoms with Gasteiger partial charge in [-0.25, -0.2) is 4.39 Å². The smallest absolute Gasteiger partial charge is 0.161 e. The van der Waals surface area contributed by atoms with Gasteiger partial charge in [0.15, 0.2) is 11.5 Å². The van der Waals surface area contributed by atoms with Gasteiger partial charge in [-0.15, -0.1) is 0 Å². The lowest BCUT2D eigenvalue weighted by Crippen LogP contribution is -1.97. The van der Waals surface area contributed by atoms with E-state index in [0.29, 0.717) is 18.1 Å². The molecule has 21 heavy (non-hydrogen) atoms. The molecule has 0 saturated carbocycles. The van der Waals surface area contributed by atoms with Gasteiger partial charge in [0.25, 0.3) is 0 Å². The highest BCUT2D eigenvalue weighted by Gasteiger charge is 2.09. The second-order valence-electron chi connectivity index (χ2n) is 4.87. The van der Waals surface area contributed by atoms with Crippen molar-refractivity contribution in [3.05, 3.63) is 60.0 Å². The van der Waals surface area contributed by atoms with E-state index in [-0.39, 0.29) is 5.82 Å². The number of hydrogen-bond donors (Lipinski definition) is 0. The first-order valence-electron chi connectivity index (χ1n) is 6.68. The normalized spacial score (nSPS) is 10.8. The Labute approximate surface area is 122 Å². The van der Waals surface area contributed by atoms with Gasteiger partial charge in [0, 0.05) is 29.7 Å². The largest absolute Gasteiger partial charge is 0.493 e. The second kappa shape index (κ2) is 5.48. The average molecular weight is 285 g/mol. The van der Waals surface area contributed by atoms with Crippen LogP contribution in [0.1, 0.15) is 5.56 Å². The summed E-state index contributed by atoms with van der Waals surface area (Å²) in [7, 11) is 3.54. The first kappa shape index (κ1) is 13.5. The maximum atomic E-state index is 13.4. The van der Waals surface area contributed by atoms with Gasteiger partial charge in [0.2, 0.25) is 0 Å². The van der Waals surface area contributed by atoms with Crippen LogP contribution in [0.4, 0.5) is 4.39 Å². The molecule has 0 saturated heterocycles. The van der Waals surface area contributed by atoms with Crippen molar-refractivity contribution in [3.8, 4) is 11.5 Å². The maximum absolute atomic E-state index is 13.4. The Kier molecular flexibility index (Phi) is 3.52. The minimum atomic E-state index is -0.243. The van der Waals surface area contributed by atoms with Crippen LogP contribution in [0.15, 0.2) is 48.7 Å². The van der Waals surface area contributed by atoms with Crippen molar-refractivity contribution in [1.82, 2.24) is 4.57 Å². The molecule has 1 aromatic heterocycles. The summed E-state index contributed by atoms with van der Waals surface area (Å²) in [5.74, 6) is 1.12. The summed E-state index contributed by atoms with van der Waals surface area (Å²) in [5, 5.41) is 0.868. The van der Waals surface area contributed by atoms with Gasteiger partial charge < -0.3 is 14.0 Å². The van der Waals surface area contributed by atoms with Gasteiger partial charge in [-0.2, -0.15) is 0 Å². The maximum Gasteiger partial charge on any atom is 0.161 e. The zero-order chi connectivity index (χ0) is 14.8. The number of aromatic nitrogens is 1. The number of rotatable bonds is 4. The molecule has 0 atom stereocenters. The van der Waals surface area contributed by atoms with Crippen LogP contribution in [0.3, 0.4) is 0 Å². The van der Waals surface area contributed by atoms with Crippen LogP contribution in [0, 0.1) is 5.82 Å². The lowest BCUT2D eigenvalue weighted by molar-refractivity contribution is 0.285. The van der Waals surface area contributed by atoms with Gasteiger partial charge in [-0.3, -0.25) is 0 Å². The van der Waals surface area contributed by atoms with Gasteiger partial charge in [0.1, 0.15) is 12.4 Å². The molecule has 0 radical (unpaired) electrons. The van der Waals surface area contributed by atoms with Crippen LogP contribution in [0.25, 0.3) is 10.9 Å². The second-order valence-corrected chi connectivity index (χ2v) is 4.87. The van der Waals surface area contributed by atoms with E-state index < -0.39 is 0 Å². The van der Waals surface area contributed by atoms with Crippen molar-refractivity contribution in [2.45, 2.75) is 6.61 Å². The van der Waals surface area contributed by atoms with Crippen molar-refractivity contribution in [1.29, 1.82) is 0 Å². The van der Waals surface area contributed by atoms with Crippen LogP contribution in [0.5, 0.6) is 11.5 Å². The molecule has 0 aliphatic carbocycles. The molecule has 3 aromatic rings. The minimum Gasteiger partial charge on any atom is -0.493 e. The molecule has 3 rings (SSSR count). The zero-order valence-corrected chi connectivity index (χ0v) is 12.0. The number of benzene rings is 2. The van der Waals surface area contributed by atoms with Crippen molar-refractivity contribution in [2.75, 3.05) is 7.11 Å². The summed E-state index contributed by atoms with van der Waals surface area (Å²) in [4.78, 5) is 0. The molecule has 4 heteroatoms. The summed E-state index contributed by atoms with van der Waals surface area (Å²) in [6.45, 7) is 0.362. The lowest BCUT2D eigenvalue weighted by Gasteiger charge is -2.09. The molecule has 0 amide bonds. The minimum absolute atomic E-state index is 0.243. The molecular formula is C17H16FNO2. The average Bonchev–Trinajstić information content (AvgIpc) is 2.81. The van der Waals surface area contributed by atoms with Gasteiger partial charge in [-0.1, -0.05) is 12.1 Å². The fourth-order valence-electron chi connectivity index (χ4n) is 2.45. The zero-order valence-electron chi connectivity index (χ0n) is 12.0. The quantitative estimate of drug-likeness (QED) is 0.725.